The summed E-state index contributed by atoms with van der Waals surface area (Å²) in [6, 6.07) is 7.44. The first-order valence-electron chi connectivity index (χ1n) is 10.2. The summed E-state index contributed by atoms with van der Waals surface area (Å²) >= 11 is 0. The molecule has 1 aromatic heterocycles. The predicted octanol–water partition coefficient (Wildman–Crippen LogP) is 5.05. The van der Waals surface area contributed by atoms with Crippen LogP contribution in [0.3, 0.4) is 0 Å². The molecule has 0 bridgehead atoms. The summed E-state index contributed by atoms with van der Waals surface area (Å²) in [7, 11) is 0. The van der Waals surface area contributed by atoms with Gasteiger partial charge in [-0.2, -0.15) is 4.98 Å². The molecule has 2 N–H and O–H groups in total. The topological polar surface area (TPSA) is 55.3 Å². The number of nitrogens with two attached hydrogens (primary N) is 1. The van der Waals surface area contributed by atoms with E-state index in [1.165, 1.54) is 56.9 Å². The predicted molar refractivity (Wildman–Crippen MR) is 105 cm³/mol. The molecular weight excluding hydrogens is 310 g/mol. The summed E-state index contributed by atoms with van der Waals surface area (Å²) in [6.45, 7) is 4.06. The third-order valence-electron chi connectivity index (χ3n) is 5.26. The SMILES string of the molecule is CCCCCCCCCCc1ccc2nc(N3CC[C@@H](N)C3)oc2c1. The minimum absolute atomic E-state index is 0.243. The van der Waals surface area contributed by atoms with Gasteiger partial charge in [0.25, 0.3) is 6.01 Å². The van der Waals surface area contributed by atoms with Crippen molar-refractivity contribution < 1.29 is 4.42 Å². The molecule has 1 aromatic carbocycles. The van der Waals surface area contributed by atoms with Crippen molar-refractivity contribution >= 4 is 17.1 Å². The second-order valence-electron chi connectivity index (χ2n) is 7.52. The van der Waals surface area contributed by atoms with Gasteiger partial charge in [-0.3, -0.25) is 0 Å². The number of hydrogen-bond donors (Lipinski definition) is 1. The summed E-state index contributed by atoms with van der Waals surface area (Å²) in [4.78, 5) is 6.77. The molecule has 25 heavy (non-hydrogen) atoms. The van der Waals surface area contributed by atoms with Crippen LogP contribution >= 0.6 is 0 Å². The van der Waals surface area contributed by atoms with Gasteiger partial charge < -0.3 is 15.1 Å². The van der Waals surface area contributed by atoms with Crippen molar-refractivity contribution in [3.63, 3.8) is 0 Å². The maximum Gasteiger partial charge on any atom is 0.298 e. The molecular formula is C21H33N3O. The lowest BCUT2D eigenvalue weighted by Crippen LogP contribution is -2.26. The van der Waals surface area contributed by atoms with Crippen molar-refractivity contribution in [2.75, 3.05) is 18.0 Å². The largest absolute Gasteiger partial charge is 0.423 e. The molecule has 1 fully saturated rings. The molecule has 2 aromatic rings. The van der Waals surface area contributed by atoms with E-state index in [-0.39, 0.29) is 6.04 Å². The van der Waals surface area contributed by atoms with Gasteiger partial charge >= 0.3 is 0 Å². The lowest BCUT2D eigenvalue weighted by molar-refractivity contribution is 0.574. The van der Waals surface area contributed by atoms with Gasteiger partial charge in [-0.1, -0.05) is 57.9 Å². The summed E-state index contributed by atoms with van der Waals surface area (Å²) in [6.07, 6.45) is 13.0. The molecule has 0 unspecified atom stereocenters. The van der Waals surface area contributed by atoms with Crippen LogP contribution in [0.5, 0.6) is 0 Å². The van der Waals surface area contributed by atoms with E-state index < -0.39 is 0 Å². The minimum atomic E-state index is 0.243. The van der Waals surface area contributed by atoms with Crippen LogP contribution in [0, 0.1) is 0 Å². The first kappa shape index (κ1) is 18.2. The Balaban J connectivity index is 1.45. The highest BCUT2D eigenvalue weighted by Crippen LogP contribution is 2.26. The zero-order valence-corrected chi connectivity index (χ0v) is 15.7. The Hall–Kier alpha value is -1.55. The molecule has 138 valence electrons. The molecule has 2 heterocycles. The number of benzene rings is 1. The number of hydrogen-bond acceptors (Lipinski definition) is 4. The standard InChI is InChI=1S/C21H33N3O/c1-2-3-4-5-6-7-8-9-10-17-11-12-19-20(15-17)25-21(23-19)24-14-13-18(22)16-24/h11-12,15,18H,2-10,13-14,16,22H2,1H3/t18-/m1/s1. The number of aryl methyl sites for hydroxylation is 1. The van der Waals surface area contributed by atoms with Crippen molar-refractivity contribution in [3.05, 3.63) is 23.8 Å². The molecule has 1 atom stereocenters. The average Bonchev–Trinajstić information content (AvgIpc) is 3.22. The zero-order chi connectivity index (χ0) is 17.5. The fraction of sp³-hybridized carbons (Fsp3) is 0.667. The Labute approximate surface area is 151 Å². The van der Waals surface area contributed by atoms with Crippen LogP contribution in [-0.2, 0) is 6.42 Å². The number of anilines is 1. The Morgan fingerprint density at radius 2 is 1.88 bits per heavy atom. The third kappa shape index (κ3) is 5.21. The Bertz CT molecular complexity index is 652. The average molecular weight is 344 g/mol. The summed E-state index contributed by atoms with van der Waals surface area (Å²) < 4.78 is 5.98. The highest BCUT2D eigenvalue weighted by Gasteiger charge is 2.23. The van der Waals surface area contributed by atoms with Crippen LogP contribution in [0.1, 0.15) is 70.3 Å². The molecule has 0 spiro atoms. The number of nitrogens with zero attached hydrogens (tertiary/aromatic N) is 2. The molecule has 1 saturated heterocycles. The number of rotatable bonds is 10. The van der Waals surface area contributed by atoms with Gasteiger partial charge in [-0.15, -0.1) is 0 Å². The van der Waals surface area contributed by atoms with E-state index in [0.29, 0.717) is 0 Å². The molecule has 3 rings (SSSR count). The molecule has 0 amide bonds. The quantitative estimate of drug-likeness (QED) is 0.613. The van der Waals surface area contributed by atoms with Crippen LogP contribution in [0.15, 0.2) is 22.6 Å². The first-order chi connectivity index (χ1) is 12.3. The van der Waals surface area contributed by atoms with Gasteiger partial charge in [0.05, 0.1) is 0 Å². The van der Waals surface area contributed by atoms with E-state index in [1.54, 1.807) is 0 Å². The van der Waals surface area contributed by atoms with Crippen molar-refractivity contribution in [2.45, 2.75) is 77.2 Å². The lowest BCUT2D eigenvalue weighted by atomic mass is 10.0. The van der Waals surface area contributed by atoms with Crippen LogP contribution < -0.4 is 10.6 Å². The second-order valence-corrected chi connectivity index (χ2v) is 7.52. The van der Waals surface area contributed by atoms with Crippen LogP contribution in [-0.4, -0.2) is 24.1 Å². The normalized spacial score (nSPS) is 17.7. The highest BCUT2D eigenvalue weighted by atomic mass is 16.4. The monoisotopic (exact) mass is 343 g/mol. The summed E-state index contributed by atoms with van der Waals surface area (Å²) in [5.74, 6) is 0. The molecule has 4 nitrogen and oxygen atoms in total. The van der Waals surface area contributed by atoms with Gasteiger partial charge in [0.2, 0.25) is 0 Å². The molecule has 4 heteroatoms. The van der Waals surface area contributed by atoms with E-state index in [2.05, 4.69) is 35.0 Å². The Kier molecular flexibility index (Phi) is 6.74. The number of aromatic nitrogens is 1. The number of fused-ring (bicyclic) bond motifs is 1. The van der Waals surface area contributed by atoms with Gasteiger partial charge in [0, 0.05) is 19.1 Å². The van der Waals surface area contributed by atoms with E-state index in [4.69, 9.17) is 10.2 Å². The van der Waals surface area contributed by atoms with Gasteiger partial charge in [0.15, 0.2) is 5.58 Å². The van der Waals surface area contributed by atoms with E-state index in [9.17, 15) is 0 Å². The van der Waals surface area contributed by atoms with Gasteiger partial charge in [0.1, 0.15) is 5.52 Å². The molecule has 1 aliphatic rings. The fourth-order valence-corrected chi connectivity index (χ4v) is 3.67. The summed E-state index contributed by atoms with van der Waals surface area (Å²) in [5.41, 5.74) is 9.21. The van der Waals surface area contributed by atoms with Crippen molar-refractivity contribution in [3.8, 4) is 0 Å². The molecule has 1 aliphatic heterocycles. The minimum Gasteiger partial charge on any atom is -0.423 e. The van der Waals surface area contributed by atoms with Gasteiger partial charge in [-0.05, 0) is 37.0 Å². The van der Waals surface area contributed by atoms with E-state index >= 15 is 0 Å². The van der Waals surface area contributed by atoms with Crippen LogP contribution in [0.4, 0.5) is 6.01 Å². The second kappa shape index (κ2) is 9.23. The summed E-state index contributed by atoms with van der Waals surface area (Å²) in [5, 5.41) is 0. The van der Waals surface area contributed by atoms with E-state index in [1.807, 2.05) is 0 Å². The first-order valence-corrected chi connectivity index (χ1v) is 10.2. The highest BCUT2D eigenvalue weighted by molar-refractivity contribution is 5.75. The van der Waals surface area contributed by atoms with Crippen molar-refractivity contribution in [1.82, 2.24) is 4.98 Å². The molecule has 0 radical (unpaired) electrons. The third-order valence-corrected chi connectivity index (χ3v) is 5.26. The van der Waals surface area contributed by atoms with Crippen molar-refractivity contribution in [1.29, 1.82) is 0 Å². The molecule has 0 saturated carbocycles. The maximum atomic E-state index is 5.98. The number of oxazole rings is 1. The van der Waals surface area contributed by atoms with Crippen LogP contribution in [0.2, 0.25) is 0 Å². The Morgan fingerprint density at radius 3 is 2.60 bits per heavy atom. The van der Waals surface area contributed by atoms with E-state index in [0.717, 1.165) is 43.0 Å². The smallest absolute Gasteiger partial charge is 0.298 e. The lowest BCUT2D eigenvalue weighted by Gasteiger charge is -2.11. The van der Waals surface area contributed by atoms with Crippen LogP contribution in [0.25, 0.3) is 11.1 Å². The van der Waals surface area contributed by atoms with Crippen molar-refractivity contribution in [2.24, 2.45) is 5.73 Å². The zero-order valence-electron chi connectivity index (χ0n) is 15.7. The number of unbranched alkanes of at least 4 members (excludes halogenated alkanes) is 7. The fourth-order valence-electron chi connectivity index (χ4n) is 3.67. The Morgan fingerprint density at radius 1 is 1.12 bits per heavy atom. The maximum absolute atomic E-state index is 5.98. The van der Waals surface area contributed by atoms with Gasteiger partial charge in [-0.25, -0.2) is 0 Å². The molecule has 0 aliphatic carbocycles.